The Bertz CT molecular complexity index is 479. The standard InChI is InChI=1S/C13H15BrFNO3/c1-3-6-16(8-12(17)19-2)13(18)9-4-5-11(15)10(14)7-9/h4-5,7H,3,6,8H2,1-2H3. The molecule has 0 aliphatic carbocycles. The number of amides is 1. The maximum atomic E-state index is 13.1. The molecule has 1 aromatic carbocycles. The quantitative estimate of drug-likeness (QED) is 0.779. The molecule has 0 aliphatic heterocycles. The molecule has 0 spiro atoms. The monoisotopic (exact) mass is 331 g/mol. The van der Waals surface area contributed by atoms with E-state index in [2.05, 4.69) is 20.7 Å². The fourth-order valence-corrected chi connectivity index (χ4v) is 1.93. The van der Waals surface area contributed by atoms with Gasteiger partial charge in [0.2, 0.25) is 0 Å². The second-order valence-electron chi connectivity index (χ2n) is 3.93. The van der Waals surface area contributed by atoms with E-state index in [1.165, 1.54) is 30.2 Å². The lowest BCUT2D eigenvalue weighted by atomic mass is 10.2. The predicted molar refractivity (Wildman–Crippen MR) is 72.3 cm³/mol. The molecular weight excluding hydrogens is 317 g/mol. The van der Waals surface area contributed by atoms with Crippen molar-refractivity contribution in [3.63, 3.8) is 0 Å². The summed E-state index contributed by atoms with van der Waals surface area (Å²) in [7, 11) is 1.27. The van der Waals surface area contributed by atoms with Gasteiger partial charge in [0, 0.05) is 12.1 Å². The second-order valence-corrected chi connectivity index (χ2v) is 4.79. The fourth-order valence-electron chi connectivity index (χ4n) is 1.55. The van der Waals surface area contributed by atoms with Gasteiger partial charge in [0.15, 0.2) is 0 Å². The molecule has 0 saturated carbocycles. The highest BCUT2D eigenvalue weighted by molar-refractivity contribution is 9.10. The molecule has 104 valence electrons. The first-order valence-electron chi connectivity index (χ1n) is 5.80. The summed E-state index contributed by atoms with van der Waals surface area (Å²) in [6.07, 6.45) is 0.713. The summed E-state index contributed by atoms with van der Waals surface area (Å²) >= 11 is 3.03. The zero-order valence-corrected chi connectivity index (χ0v) is 12.4. The van der Waals surface area contributed by atoms with Gasteiger partial charge in [0.25, 0.3) is 5.91 Å². The zero-order valence-electron chi connectivity index (χ0n) is 10.8. The number of hydrogen-bond donors (Lipinski definition) is 0. The average Bonchev–Trinajstić information content (AvgIpc) is 2.40. The van der Waals surface area contributed by atoms with Crippen LogP contribution >= 0.6 is 15.9 Å². The van der Waals surface area contributed by atoms with Gasteiger partial charge in [0.1, 0.15) is 12.4 Å². The van der Waals surface area contributed by atoms with Crippen molar-refractivity contribution in [2.75, 3.05) is 20.2 Å². The Morgan fingerprint density at radius 1 is 1.42 bits per heavy atom. The van der Waals surface area contributed by atoms with Crippen molar-refractivity contribution >= 4 is 27.8 Å². The molecule has 0 heterocycles. The van der Waals surface area contributed by atoms with E-state index < -0.39 is 11.8 Å². The van der Waals surface area contributed by atoms with Crippen LogP contribution in [0.1, 0.15) is 23.7 Å². The third-order valence-corrected chi connectivity index (χ3v) is 3.10. The van der Waals surface area contributed by atoms with Gasteiger partial charge >= 0.3 is 5.97 Å². The maximum absolute atomic E-state index is 13.1. The molecule has 0 radical (unpaired) electrons. The maximum Gasteiger partial charge on any atom is 0.325 e. The van der Waals surface area contributed by atoms with Gasteiger partial charge in [-0.1, -0.05) is 6.92 Å². The minimum Gasteiger partial charge on any atom is -0.468 e. The van der Waals surface area contributed by atoms with Crippen LogP contribution < -0.4 is 0 Å². The molecule has 0 N–H and O–H groups in total. The fraction of sp³-hybridized carbons (Fsp3) is 0.385. The van der Waals surface area contributed by atoms with Crippen molar-refractivity contribution in [1.82, 2.24) is 4.90 Å². The summed E-state index contributed by atoms with van der Waals surface area (Å²) in [6, 6.07) is 4.00. The summed E-state index contributed by atoms with van der Waals surface area (Å²) < 4.78 is 17.9. The summed E-state index contributed by atoms with van der Waals surface area (Å²) in [4.78, 5) is 24.9. The molecule has 1 amide bonds. The lowest BCUT2D eigenvalue weighted by molar-refractivity contribution is -0.141. The number of nitrogens with zero attached hydrogens (tertiary/aromatic N) is 1. The Hall–Kier alpha value is -1.43. The number of rotatable bonds is 5. The number of hydrogen-bond acceptors (Lipinski definition) is 3. The van der Waals surface area contributed by atoms with E-state index in [1.807, 2.05) is 6.92 Å². The highest BCUT2D eigenvalue weighted by atomic mass is 79.9. The molecule has 0 aliphatic rings. The van der Waals surface area contributed by atoms with Gasteiger partial charge in [-0.3, -0.25) is 9.59 Å². The number of carbonyl (C=O) groups excluding carboxylic acids is 2. The molecule has 19 heavy (non-hydrogen) atoms. The molecule has 4 nitrogen and oxygen atoms in total. The number of carbonyl (C=O) groups is 2. The van der Waals surface area contributed by atoms with Crippen LogP contribution in [-0.4, -0.2) is 37.0 Å². The van der Waals surface area contributed by atoms with E-state index in [0.29, 0.717) is 18.5 Å². The Labute approximate surface area is 119 Å². The Kier molecular flexibility index (Phi) is 5.95. The van der Waals surface area contributed by atoms with Crippen LogP contribution in [-0.2, 0) is 9.53 Å². The van der Waals surface area contributed by atoms with E-state index in [0.717, 1.165) is 0 Å². The van der Waals surface area contributed by atoms with Gasteiger partial charge in [-0.25, -0.2) is 4.39 Å². The van der Waals surface area contributed by atoms with Crippen molar-refractivity contribution in [1.29, 1.82) is 0 Å². The molecular formula is C13H15BrFNO3. The van der Waals surface area contributed by atoms with Gasteiger partial charge in [0.05, 0.1) is 11.6 Å². The van der Waals surface area contributed by atoms with Crippen molar-refractivity contribution in [3.05, 3.63) is 34.1 Å². The number of esters is 1. The summed E-state index contributed by atoms with van der Waals surface area (Å²) in [6.45, 7) is 2.22. The number of methoxy groups -OCH3 is 1. The topological polar surface area (TPSA) is 46.6 Å². The number of benzene rings is 1. The average molecular weight is 332 g/mol. The van der Waals surface area contributed by atoms with E-state index in [4.69, 9.17) is 0 Å². The Balaban J connectivity index is 2.91. The van der Waals surface area contributed by atoms with Gasteiger partial charge < -0.3 is 9.64 Å². The van der Waals surface area contributed by atoms with Crippen LogP contribution in [0.2, 0.25) is 0 Å². The highest BCUT2D eigenvalue weighted by Crippen LogP contribution is 2.18. The predicted octanol–water partition coefficient (Wildman–Crippen LogP) is 2.61. The van der Waals surface area contributed by atoms with Crippen molar-refractivity contribution in [3.8, 4) is 0 Å². The molecule has 6 heteroatoms. The molecule has 1 rings (SSSR count). The number of ether oxygens (including phenoxy) is 1. The second kappa shape index (κ2) is 7.23. The minimum atomic E-state index is -0.483. The normalized spacial score (nSPS) is 10.1. The van der Waals surface area contributed by atoms with Crippen LogP contribution in [0.4, 0.5) is 4.39 Å². The first kappa shape index (κ1) is 15.6. The van der Waals surface area contributed by atoms with Gasteiger partial charge in [-0.15, -0.1) is 0 Å². The zero-order chi connectivity index (χ0) is 14.4. The number of halogens is 2. The van der Waals surface area contributed by atoms with E-state index in [9.17, 15) is 14.0 Å². The first-order valence-corrected chi connectivity index (χ1v) is 6.60. The summed E-state index contributed by atoms with van der Waals surface area (Å²) in [5.74, 6) is -1.25. The molecule has 0 atom stereocenters. The molecule has 0 saturated heterocycles. The third kappa shape index (κ3) is 4.31. The minimum absolute atomic E-state index is 0.113. The third-order valence-electron chi connectivity index (χ3n) is 2.49. The molecule has 0 fully saturated rings. The van der Waals surface area contributed by atoms with E-state index in [-0.39, 0.29) is 16.9 Å². The van der Waals surface area contributed by atoms with Crippen LogP contribution in [0.5, 0.6) is 0 Å². The van der Waals surface area contributed by atoms with Crippen molar-refractivity contribution in [2.24, 2.45) is 0 Å². The summed E-state index contributed by atoms with van der Waals surface area (Å²) in [5.41, 5.74) is 0.325. The SMILES string of the molecule is CCCN(CC(=O)OC)C(=O)c1ccc(F)c(Br)c1. The van der Waals surface area contributed by atoms with E-state index in [1.54, 1.807) is 0 Å². The smallest absolute Gasteiger partial charge is 0.325 e. The Morgan fingerprint density at radius 3 is 2.63 bits per heavy atom. The van der Waals surface area contributed by atoms with Gasteiger partial charge in [-0.05, 0) is 40.5 Å². The largest absolute Gasteiger partial charge is 0.468 e. The van der Waals surface area contributed by atoms with Crippen molar-refractivity contribution in [2.45, 2.75) is 13.3 Å². The summed E-state index contributed by atoms with van der Waals surface area (Å²) in [5, 5.41) is 0. The van der Waals surface area contributed by atoms with Crippen LogP contribution in [0.3, 0.4) is 0 Å². The van der Waals surface area contributed by atoms with Crippen molar-refractivity contribution < 1.29 is 18.7 Å². The van der Waals surface area contributed by atoms with Crippen LogP contribution in [0.25, 0.3) is 0 Å². The molecule has 0 bridgehead atoms. The van der Waals surface area contributed by atoms with E-state index >= 15 is 0 Å². The molecule has 0 unspecified atom stereocenters. The van der Waals surface area contributed by atoms with Crippen LogP contribution in [0, 0.1) is 5.82 Å². The Morgan fingerprint density at radius 2 is 2.11 bits per heavy atom. The first-order chi connectivity index (χ1) is 8.99. The highest BCUT2D eigenvalue weighted by Gasteiger charge is 2.19. The molecule has 0 aromatic heterocycles. The lowest BCUT2D eigenvalue weighted by Gasteiger charge is -2.20. The lowest BCUT2D eigenvalue weighted by Crippen LogP contribution is -2.36. The van der Waals surface area contributed by atoms with Crippen LogP contribution in [0.15, 0.2) is 22.7 Å². The molecule has 1 aromatic rings. The van der Waals surface area contributed by atoms with Gasteiger partial charge in [-0.2, -0.15) is 0 Å².